The second-order valence-corrected chi connectivity index (χ2v) is 7.65. The molecular weight excluding hydrogens is 388 g/mol. The molecule has 3 N–H and O–H groups in total. The molecule has 2 amide bonds. The van der Waals surface area contributed by atoms with Gasteiger partial charge in [0, 0.05) is 18.1 Å². The highest BCUT2D eigenvalue weighted by Crippen LogP contribution is 2.25. The Kier molecular flexibility index (Phi) is 6.86. The van der Waals surface area contributed by atoms with E-state index >= 15 is 0 Å². The van der Waals surface area contributed by atoms with Crippen LogP contribution in [0.3, 0.4) is 0 Å². The van der Waals surface area contributed by atoms with Crippen LogP contribution in [0.4, 0.5) is 0 Å². The summed E-state index contributed by atoms with van der Waals surface area (Å²) in [4.78, 5) is 24.9. The molecule has 150 valence electrons. The van der Waals surface area contributed by atoms with Gasteiger partial charge in [-0.25, -0.2) is 0 Å². The van der Waals surface area contributed by atoms with Crippen LogP contribution in [0.1, 0.15) is 36.0 Å². The average molecular weight is 411 g/mol. The lowest BCUT2D eigenvalue weighted by atomic mass is 9.96. The van der Waals surface area contributed by atoms with Crippen molar-refractivity contribution in [1.82, 2.24) is 16.0 Å². The van der Waals surface area contributed by atoms with Crippen LogP contribution in [0.25, 0.3) is 0 Å². The van der Waals surface area contributed by atoms with Crippen LogP contribution >= 0.6 is 11.6 Å². The zero-order valence-corrected chi connectivity index (χ0v) is 16.9. The van der Waals surface area contributed by atoms with Gasteiger partial charge in [-0.05, 0) is 48.6 Å². The summed E-state index contributed by atoms with van der Waals surface area (Å²) >= 11 is 5.98. The molecule has 1 heterocycles. The topological polar surface area (TPSA) is 94.0 Å². The number of benzene rings is 2. The van der Waals surface area contributed by atoms with Gasteiger partial charge in [-0.3, -0.25) is 9.59 Å². The smallest absolute Gasteiger partial charge is 0.242 e. The van der Waals surface area contributed by atoms with Crippen molar-refractivity contribution < 1.29 is 9.59 Å². The third kappa shape index (κ3) is 5.57. The highest BCUT2D eigenvalue weighted by atomic mass is 35.5. The molecule has 29 heavy (non-hydrogen) atoms. The van der Waals surface area contributed by atoms with E-state index in [-0.39, 0.29) is 30.3 Å². The largest absolute Gasteiger partial charge is 0.350 e. The predicted octanol–water partition coefficient (Wildman–Crippen LogP) is 2.48. The van der Waals surface area contributed by atoms with Gasteiger partial charge in [0.05, 0.1) is 17.7 Å². The van der Waals surface area contributed by atoms with E-state index in [0.29, 0.717) is 17.0 Å². The fraction of sp³-hybridized carbons (Fsp3) is 0.318. The highest BCUT2D eigenvalue weighted by molar-refractivity contribution is 6.30. The average Bonchev–Trinajstić information content (AvgIpc) is 3.22. The Balaban J connectivity index is 1.49. The first-order chi connectivity index (χ1) is 14.0. The first-order valence-electron chi connectivity index (χ1n) is 9.52. The minimum absolute atomic E-state index is 0.180. The fourth-order valence-electron chi connectivity index (χ4n) is 3.45. The molecule has 0 unspecified atom stereocenters. The van der Waals surface area contributed by atoms with Crippen molar-refractivity contribution >= 4 is 23.4 Å². The maximum atomic E-state index is 12.5. The van der Waals surface area contributed by atoms with E-state index in [9.17, 15) is 9.59 Å². The van der Waals surface area contributed by atoms with E-state index in [1.54, 1.807) is 25.1 Å². The van der Waals surface area contributed by atoms with Gasteiger partial charge >= 0.3 is 0 Å². The van der Waals surface area contributed by atoms with Crippen molar-refractivity contribution in [2.45, 2.75) is 37.9 Å². The Bertz CT molecular complexity index is 926. The molecule has 1 aliphatic heterocycles. The standard InChI is InChI=1S/C22H23ClN4O2/c1-14(21(28)26-12-16-7-15(11-24)8-19(23)9-16)27-22(29)20-10-18(13-25-20)17-5-3-2-4-6-17/h2-9,14,18,20,25H,10,12-13H2,1H3,(H,26,28)(H,27,29)/t14-,18-,20+/m0/s1. The zero-order valence-electron chi connectivity index (χ0n) is 16.1. The highest BCUT2D eigenvalue weighted by Gasteiger charge is 2.31. The van der Waals surface area contributed by atoms with Crippen LogP contribution in [0.2, 0.25) is 5.02 Å². The van der Waals surface area contributed by atoms with Crippen LogP contribution in [-0.4, -0.2) is 30.4 Å². The SMILES string of the molecule is C[C@H](NC(=O)[C@H]1C[C@H](c2ccccc2)CN1)C(=O)NCc1cc(Cl)cc(C#N)c1. The Hall–Kier alpha value is -2.88. The van der Waals surface area contributed by atoms with E-state index in [0.717, 1.165) is 12.1 Å². The second-order valence-electron chi connectivity index (χ2n) is 7.21. The number of nitrogens with zero attached hydrogens (tertiary/aromatic N) is 1. The molecule has 0 radical (unpaired) electrons. The first-order valence-corrected chi connectivity index (χ1v) is 9.90. The van der Waals surface area contributed by atoms with Crippen LogP contribution < -0.4 is 16.0 Å². The van der Waals surface area contributed by atoms with Gasteiger partial charge in [0.15, 0.2) is 0 Å². The number of hydrogen-bond donors (Lipinski definition) is 3. The fourth-order valence-corrected chi connectivity index (χ4v) is 3.71. The van der Waals surface area contributed by atoms with Crippen LogP contribution in [0, 0.1) is 11.3 Å². The molecule has 2 aromatic carbocycles. The maximum absolute atomic E-state index is 12.5. The zero-order chi connectivity index (χ0) is 20.8. The van der Waals surface area contributed by atoms with Crippen molar-refractivity contribution in [3.8, 4) is 6.07 Å². The normalized spacial score (nSPS) is 19.2. The Labute approximate surface area is 175 Å². The lowest BCUT2D eigenvalue weighted by Crippen LogP contribution is -2.49. The van der Waals surface area contributed by atoms with Gasteiger partial charge in [0.2, 0.25) is 11.8 Å². The molecule has 0 aromatic heterocycles. The summed E-state index contributed by atoms with van der Waals surface area (Å²) in [6.45, 7) is 2.61. The van der Waals surface area contributed by atoms with Gasteiger partial charge < -0.3 is 16.0 Å². The quantitative estimate of drug-likeness (QED) is 0.681. The number of hydrogen-bond acceptors (Lipinski definition) is 4. The number of nitrogens with one attached hydrogen (secondary N) is 3. The molecule has 0 aliphatic carbocycles. The van der Waals surface area contributed by atoms with E-state index in [1.165, 1.54) is 5.56 Å². The predicted molar refractivity (Wildman–Crippen MR) is 111 cm³/mol. The third-order valence-corrected chi connectivity index (χ3v) is 5.24. The number of halogens is 1. The molecule has 3 atom stereocenters. The van der Waals surface area contributed by atoms with Gasteiger partial charge in [0.1, 0.15) is 6.04 Å². The molecule has 2 aromatic rings. The molecule has 6 nitrogen and oxygen atoms in total. The molecule has 0 spiro atoms. The van der Waals surface area contributed by atoms with E-state index in [1.807, 2.05) is 24.3 Å². The van der Waals surface area contributed by atoms with Gasteiger partial charge in [0.25, 0.3) is 0 Å². The summed E-state index contributed by atoms with van der Waals surface area (Å²) in [7, 11) is 0. The summed E-state index contributed by atoms with van der Waals surface area (Å²) in [5.74, 6) is -0.191. The summed E-state index contributed by atoms with van der Waals surface area (Å²) in [5.41, 5.74) is 2.37. The Morgan fingerprint density at radius 2 is 2.03 bits per heavy atom. The van der Waals surface area contributed by atoms with Crippen LogP contribution in [0.15, 0.2) is 48.5 Å². The summed E-state index contributed by atoms with van der Waals surface area (Å²) in [6.07, 6.45) is 0.698. The van der Waals surface area contributed by atoms with E-state index in [4.69, 9.17) is 16.9 Å². The molecule has 1 saturated heterocycles. The molecule has 1 aliphatic rings. The lowest BCUT2D eigenvalue weighted by molar-refractivity contribution is -0.129. The number of nitriles is 1. The van der Waals surface area contributed by atoms with Crippen molar-refractivity contribution in [2.24, 2.45) is 0 Å². The summed E-state index contributed by atoms with van der Waals surface area (Å²) in [5, 5.41) is 18.2. The van der Waals surface area contributed by atoms with E-state index < -0.39 is 6.04 Å². The van der Waals surface area contributed by atoms with Gasteiger partial charge in [-0.15, -0.1) is 0 Å². The number of rotatable bonds is 6. The summed E-state index contributed by atoms with van der Waals surface area (Å²) < 4.78 is 0. The van der Waals surface area contributed by atoms with Crippen LogP contribution in [0.5, 0.6) is 0 Å². The number of amides is 2. The van der Waals surface area contributed by atoms with Crippen molar-refractivity contribution in [3.05, 3.63) is 70.2 Å². The Morgan fingerprint density at radius 3 is 2.76 bits per heavy atom. The van der Waals surface area contributed by atoms with Crippen molar-refractivity contribution in [3.63, 3.8) is 0 Å². The first kappa shape index (κ1) is 20.8. The maximum Gasteiger partial charge on any atom is 0.242 e. The van der Waals surface area contributed by atoms with Gasteiger partial charge in [-0.2, -0.15) is 5.26 Å². The molecule has 7 heteroatoms. The van der Waals surface area contributed by atoms with Crippen molar-refractivity contribution in [2.75, 3.05) is 6.54 Å². The minimum atomic E-state index is -0.672. The van der Waals surface area contributed by atoms with Crippen LogP contribution in [-0.2, 0) is 16.1 Å². The van der Waals surface area contributed by atoms with Crippen molar-refractivity contribution in [1.29, 1.82) is 5.26 Å². The molecule has 0 saturated carbocycles. The van der Waals surface area contributed by atoms with E-state index in [2.05, 4.69) is 28.1 Å². The number of carbonyl (C=O) groups is 2. The lowest BCUT2D eigenvalue weighted by Gasteiger charge is -2.17. The van der Waals surface area contributed by atoms with Gasteiger partial charge in [-0.1, -0.05) is 41.9 Å². The molecule has 1 fully saturated rings. The molecular formula is C22H23ClN4O2. The third-order valence-electron chi connectivity index (χ3n) is 5.02. The molecule has 0 bridgehead atoms. The second kappa shape index (κ2) is 9.55. The monoisotopic (exact) mass is 410 g/mol. The molecule has 3 rings (SSSR count). The summed E-state index contributed by atoms with van der Waals surface area (Å²) in [6, 6.07) is 16.1. The minimum Gasteiger partial charge on any atom is -0.350 e. The Morgan fingerprint density at radius 1 is 1.28 bits per heavy atom. The number of carbonyl (C=O) groups excluding carboxylic acids is 2.